The summed E-state index contributed by atoms with van der Waals surface area (Å²) in [5.41, 5.74) is 1.83. The fourth-order valence-electron chi connectivity index (χ4n) is 2.75. The highest BCUT2D eigenvalue weighted by Crippen LogP contribution is 2.39. The van der Waals surface area contributed by atoms with Crippen LogP contribution < -0.4 is 4.74 Å². The minimum absolute atomic E-state index is 0.0698. The number of hydrogen-bond donors (Lipinski definition) is 1. The van der Waals surface area contributed by atoms with Gasteiger partial charge >= 0.3 is 0 Å². The molecule has 0 amide bonds. The zero-order valence-electron chi connectivity index (χ0n) is 13.5. The molecule has 0 aliphatic heterocycles. The second-order valence-corrected chi connectivity index (χ2v) is 6.56. The summed E-state index contributed by atoms with van der Waals surface area (Å²) in [5, 5.41) is 14.9. The van der Waals surface area contributed by atoms with Crippen molar-refractivity contribution in [3.8, 4) is 11.6 Å². The maximum absolute atomic E-state index is 11.1. The Balaban J connectivity index is 1.73. The van der Waals surface area contributed by atoms with E-state index in [1.807, 2.05) is 25.1 Å². The van der Waals surface area contributed by atoms with Crippen molar-refractivity contribution in [3.63, 3.8) is 0 Å². The topological polar surface area (TPSA) is 63.8 Å². The molecular weight excluding hydrogens is 363 g/mol. The Kier molecular flexibility index (Phi) is 5.16. The molecule has 0 spiro atoms. The van der Waals surface area contributed by atoms with Gasteiger partial charge in [-0.3, -0.25) is 0 Å². The summed E-state index contributed by atoms with van der Waals surface area (Å²) in [6.07, 6.45) is 0.614. The van der Waals surface area contributed by atoms with Gasteiger partial charge < -0.3 is 14.4 Å². The van der Waals surface area contributed by atoms with E-state index in [1.165, 1.54) is 0 Å². The lowest BCUT2D eigenvalue weighted by molar-refractivity contribution is 0.298. The van der Waals surface area contributed by atoms with Crippen molar-refractivity contribution in [2.24, 2.45) is 5.18 Å². The van der Waals surface area contributed by atoms with Gasteiger partial charge in [0.2, 0.25) is 5.88 Å². The van der Waals surface area contributed by atoms with E-state index >= 15 is 0 Å². The van der Waals surface area contributed by atoms with Gasteiger partial charge in [0.25, 0.3) is 0 Å². The molecule has 1 aromatic heterocycles. The monoisotopic (exact) mass is 378 g/mol. The second kappa shape index (κ2) is 7.33. The van der Waals surface area contributed by atoms with Gasteiger partial charge in [-0.2, -0.15) is 0 Å². The number of nitrogens with zero attached hydrogens (tertiary/aromatic N) is 2. The number of aryl methyl sites for hydroxylation is 2. The summed E-state index contributed by atoms with van der Waals surface area (Å²) in [5.74, 6) is 0.429. The predicted octanol–water partition coefficient (Wildman–Crippen LogP) is 5.83. The van der Waals surface area contributed by atoms with Crippen LogP contribution in [0.25, 0.3) is 10.9 Å². The molecule has 0 aliphatic carbocycles. The van der Waals surface area contributed by atoms with E-state index in [0.29, 0.717) is 40.8 Å². The van der Waals surface area contributed by atoms with E-state index < -0.39 is 0 Å². The third-order valence-electron chi connectivity index (χ3n) is 3.93. The van der Waals surface area contributed by atoms with Crippen LogP contribution in [0.2, 0.25) is 10.0 Å². The minimum atomic E-state index is -0.125. The average molecular weight is 379 g/mol. The first-order valence-corrected chi connectivity index (χ1v) is 8.50. The van der Waals surface area contributed by atoms with Crippen LogP contribution in [0.4, 0.5) is 5.69 Å². The van der Waals surface area contributed by atoms with Crippen LogP contribution in [-0.2, 0) is 6.54 Å². The molecule has 0 unspecified atom stereocenters. The molecule has 0 fully saturated rings. The summed E-state index contributed by atoms with van der Waals surface area (Å²) < 4.78 is 7.31. The summed E-state index contributed by atoms with van der Waals surface area (Å²) in [6.45, 7) is 2.80. The number of hydrogen-bond acceptors (Lipinski definition) is 4. The van der Waals surface area contributed by atoms with Crippen molar-refractivity contribution < 1.29 is 9.84 Å². The normalized spacial score (nSPS) is 11.0. The van der Waals surface area contributed by atoms with Gasteiger partial charge in [-0.25, -0.2) is 0 Å². The van der Waals surface area contributed by atoms with Crippen molar-refractivity contribution in [2.45, 2.75) is 19.9 Å². The number of ether oxygens (including phenoxy) is 1. The molecule has 0 saturated carbocycles. The first-order valence-electron chi connectivity index (χ1n) is 7.74. The van der Waals surface area contributed by atoms with E-state index in [4.69, 9.17) is 27.9 Å². The molecule has 130 valence electrons. The number of benzene rings is 2. The van der Waals surface area contributed by atoms with E-state index in [9.17, 15) is 10.0 Å². The van der Waals surface area contributed by atoms with Crippen LogP contribution >= 0.6 is 23.2 Å². The van der Waals surface area contributed by atoms with Crippen LogP contribution in [-0.4, -0.2) is 16.3 Å². The van der Waals surface area contributed by atoms with Gasteiger partial charge in [0.05, 0.1) is 17.1 Å². The Labute approximate surface area is 154 Å². The quantitative estimate of drug-likeness (QED) is 0.433. The van der Waals surface area contributed by atoms with Crippen LogP contribution in [0.5, 0.6) is 11.6 Å². The SMILES string of the molecule is Cc1ccc2c(c1)c(N=O)c(O)n2CCCOc1ccc(Cl)cc1Cl. The average Bonchev–Trinajstić information content (AvgIpc) is 2.83. The highest BCUT2D eigenvalue weighted by atomic mass is 35.5. The van der Waals surface area contributed by atoms with Gasteiger partial charge in [0.1, 0.15) is 5.75 Å². The van der Waals surface area contributed by atoms with Crippen molar-refractivity contribution in [1.29, 1.82) is 0 Å². The van der Waals surface area contributed by atoms with Crippen LogP contribution in [0.1, 0.15) is 12.0 Å². The lowest BCUT2D eigenvalue weighted by atomic mass is 10.1. The maximum atomic E-state index is 11.1. The molecule has 5 nitrogen and oxygen atoms in total. The van der Waals surface area contributed by atoms with Crippen LogP contribution in [0.15, 0.2) is 41.6 Å². The molecule has 1 heterocycles. The van der Waals surface area contributed by atoms with Crippen molar-refractivity contribution >= 4 is 39.8 Å². The Bertz CT molecular complexity index is 938. The summed E-state index contributed by atoms with van der Waals surface area (Å²) in [7, 11) is 0. The smallest absolute Gasteiger partial charge is 0.222 e. The maximum Gasteiger partial charge on any atom is 0.222 e. The van der Waals surface area contributed by atoms with Gasteiger partial charge in [0.15, 0.2) is 5.69 Å². The molecule has 2 aromatic carbocycles. The number of halogens is 2. The number of rotatable bonds is 6. The van der Waals surface area contributed by atoms with E-state index in [0.717, 1.165) is 11.1 Å². The molecule has 25 heavy (non-hydrogen) atoms. The molecule has 7 heteroatoms. The summed E-state index contributed by atoms with van der Waals surface area (Å²) in [6, 6.07) is 10.7. The van der Waals surface area contributed by atoms with Crippen LogP contribution in [0.3, 0.4) is 0 Å². The third-order valence-corrected chi connectivity index (χ3v) is 4.46. The van der Waals surface area contributed by atoms with Gasteiger partial charge in [-0.15, -0.1) is 4.91 Å². The second-order valence-electron chi connectivity index (χ2n) is 5.71. The number of aromatic nitrogens is 1. The Morgan fingerprint density at radius 1 is 1.20 bits per heavy atom. The first kappa shape index (κ1) is 17.6. The van der Waals surface area contributed by atoms with Gasteiger partial charge in [-0.1, -0.05) is 34.8 Å². The first-order chi connectivity index (χ1) is 12.0. The fraction of sp³-hybridized carbons (Fsp3) is 0.222. The van der Waals surface area contributed by atoms with Crippen molar-refractivity contribution in [2.75, 3.05) is 6.61 Å². The van der Waals surface area contributed by atoms with Gasteiger partial charge in [-0.05, 0) is 48.9 Å². The lowest BCUT2D eigenvalue weighted by Gasteiger charge is -2.10. The van der Waals surface area contributed by atoms with E-state index in [-0.39, 0.29) is 11.6 Å². The fourth-order valence-corrected chi connectivity index (χ4v) is 3.21. The lowest BCUT2D eigenvalue weighted by Crippen LogP contribution is -2.04. The standard InChI is InChI=1S/C18H16Cl2N2O3/c1-11-3-5-15-13(9-11)17(21-24)18(23)22(15)7-2-8-25-16-6-4-12(19)10-14(16)20/h3-6,9-10,23H,2,7-8H2,1H3. The molecule has 3 aromatic rings. The molecule has 3 rings (SSSR count). The molecule has 0 bridgehead atoms. The molecule has 1 N–H and O–H groups in total. The Hall–Kier alpha value is -2.24. The highest BCUT2D eigenvalue weighted by Gasteiger charge is 2.17. The Morgan fingerprint density at radius 2 is 2.00 bits per heavy atom. The molecule has 0 aliphatic rings. The molecule has 0 atom stereocenters. The summed E-state index contributed by atoms with van der Waals surface area (Å²) in [4.78, 5) is 11.1. The van der Waals surface area contributed by atoms with E-state index in [1.54, 1.807) is 22.8 Å². The van der Waals surface area contributed by atoms with Gasteiger partial charge in [0, 0.05) is 17.0 Å². The van der Waals surface area contributed by atoms with Crippen molar-refractivity contribution in [3.05, 3.63) is 56.9 Å². The number of fused-ring (bicyclic) bond motifs is 1. The molecular formula is C18H16Cl2N2O3. The summed E-state index contributed by atoms with van der Waals surface area (Å²) >= 11 is 11.9. The molecule has 0 radical (unpaired) electrons. The van der Waals surface area contributed by atoms with E-state index in [2.05, 4.69) is 5.18 Å². The number of nitroso groups, excluding NO2 is 1. The third kappa shape index (κ3) is 3.57. The minimum Gasteiger partial charge on any atom is -0.493 e. The molecule has 0 saturated heterocycles. The zero-order chi connectivity index (χ0) is 18.0. The predicted molar refractivity (Wildman–Crippen MR) is 100 cm³/mol. The van der Waals surface area contributed by atoms with Crippen molar-refractivity contribution in [1.82, 2.24) is 4.57 Å². The Morgan fingerprint density at radius 3 is 2.72 bits per heavy atom. The zero-order valence-corrected chi connectivity index (χ0v) is 15.0. The number of aromatic hydroxyl groups is 1. The van der Waals surface area contributed by atoms with Crippen LogP contribution in [0, 0.1) is 11.8 Å². The highest BCUT2D eigenvalue weighted by molar-refractivity contribution is 6.35. The largest absolute Gasteiger partial charge is 0.493 e.